The molecule has 0 aliphatic rings. The molecule has 0 aliphatic heterocycles. The smallest absolute Gasteiger partial charge is 0.273 e. The number of aromatic nitrogens is 1. The van der Waals surface area contributed by atoms with Crippen LogP contribution in [0, 0.1) is 22.4 Å². The summed E-state index contributed by atoms with van der Waals surface area (Å²) < 4.78 is 5.08. The van der Waals surface area contributed by atoms with Crippen LogP contribution in [0.15, 0.2) is 30.5 Å². The van der Waals surface area contributed by atoms with Gasteiger partial charge >= 0.3 is 0 Å². The van der Waals surface area contributed by atoms with Gasteiger partial charge in [0.25, 0.3) is 5.69 Å². The molecule has 8 heteroatoms. The van der Waals surface area contributed by atoms with Crippen molar-refractivity contribution in [2.24, 2.45) is 0 Å². The van der Waals surface area contributed by atoms with Gasteiger partial charge in [0.15, 0.2) is 0 Å². The zero-order valence-electron chi connectivity index (χ0n) is 16.0. The molecule has 0 unspecified atom stereocenters. The predicted octanol–water partition coefficient (Wildman–Crippen LogP) is 4.19. The van der Waals surface area contributed by atoms with Crippen molar-refractivity contribution < 1.29 is 9.66 Å². The predicted molar refractivity (Wildman–Crippen MR) is 108 cm³/mol. The highest BCUT2D eigenvalue weighted by atomic mass is 35.5. The van der Waals surface area contributed by atoms with Crippen LogP contribution in [0.5, 0.6) is 5.75 Å². The van der Waals surface area contributed by atoms with Crippen LogP contribution in [0.4, 0.5) is 5.69 Å². The van der Waals surface area contributed by atoms with Crippen LogP contribution < -0.4 is 10.1 Å². The molecule has 0 fully saturated rings. The van der Waals surface area contributed by atoms with Crippen molar-refractivity contribution in [2.75, 3.05) is 20.7 Å². The number of nitro benzene ring substituents is 1. The number of likely N-dealkylation sites (N-methyl/N-ethyl adjacent to an activating group) is 1. The van der Waals surface area contributed by atoms with Crippen LogP contribution in [-0.2, 0) is 6.42 Å². The van der Waals surface area contributed by atoms with E-state index in [2.05, 4.69) is 17.2 Å². The fourth-order valence-electron chi connectivity index (χ4n) is 2.43. The summed E-state index contributed by atoms with van der Waals surface area (Å²) in [6.07, 6.45) is 3.51. The highest BCUT2D eigenvalue weighted by molar-refractivity contribution is 6.29. The third-order valence-corrected chi connectivity index (χ3v) is 3.96. The summed E-state index contributed by atoms with van der Waals surface area (Å²) in [5.74, 6) is 0.598. The van der Waals surface area contributed by atoms with E-state index in [0.717, 1.165) is 29.5 Å². The van der Waals surface area contributed by atoms with E-state index < -0.39 is 4.92 Å². The van der Waals surface area contributed by atoms with E-state index in [9.17, 15) is 10.1 Å². The number of benzene rings is 1. The van der Waals surface area contributed by atoms with Crippen LogP contribution >= 0.6 is 11.6 Å². The second-order valence-corrected chi connectivity index (χ2v) is 6.22. The van der Waals surface area contributed by atoms with Gasteiger partial charge in [-0.3, -0.25) is 10.1 Å². The number of hydrogen-bond acceptors (Lipinski definition) is 6. The first-order valence-electron chi connectivity index (χ1n) is 8.49. The quantitative estimate of drug-likeness (QED) is 0.318. The Morgan fingerprint density at radius 3 is 2.63 bits per heavy atom. The number of nitro groups is 1. The van der Waals surface area contributed by atoms with Gasteiger partial charge in [0, 0.05) is 24.4 Å². The summed E-state index contributed by atoms with van der Waals surface area (Å²) in [7, 11) is 3.34. The Hall–Kier alpha value is -2.51. The fraction of sp³-hybridized carbons (Fsp3) is 0.368. The Bertz CT molecular complexity index is 797. The molecule has 1 aromatic carbocycles. The lowest BCUT2D eigenvalue weighted by Crippen LogP contribution is -2.19. The van der Waals surface area contributed by atoms with Gasteiger partial charge in [0.05, 0.1) is 23.8 Å². The molecular formula is C19H25ClN4O3. The van der Waals surface area contributed by atoms with Crippen LogP contribution in [0.1, 0.15) is 30.0 Å². The molecule has 0 saturated carbocycles. The Kier molecular flexibility index (Phi) is 9.39. The maximum atomic E-state index is 10.5. The zero-order chi connectivity index (χ0) is 20.4. The minimum atomic E-state index is -0.418. The van der Waals surface area contributed by atoms with E-state index in [1.165, 1.54) is 19.2 Å². The Morgan fingerprint density at radius 1 is 1.41 bits per heavy atom. The number of ether oxygens (including phenoxy) is 1. The molecule has 2 aromatic rings. The molecule has 0 amide bonds. The van der Waals surface area contributed by atoms with Crippen LogP contribution in [0.3, 0.4) is 0 Å². The molecular weight excluding hydrogens is 368 g/mol. The first-order valence-corrected chi connectivity index (χ1v) is 8.87. The maximum Gasteiger partial charge on any atom is 0.273 e. The number of nitrogens with zero attached hydrogens (tertiary/aromatic N) is 2. The van der Waals surface area contributed by atoms with E-state index in [1.54, 1.807) is 18.3 Å². The summed E-state index contributed by atoms with van der Waals surface area (Å²) in [5.41, 5.74) is 3.45. The van der Waals surface area contributed by atoms with E-state index in [1.807, 2.05) is 14.0 Å². The van der Waals surface area contributed by atoms with Crippen molar-refractivity contribution in [2.45, 2.75) is 26.7 Å². The van der Waals surface area contributed by atoms with Gasteiger partial charge in [0.1, 0.15) is 10.9 Å². The van der Waals surface area contributed by atoms with Gasteiger partial charge in [0.2, 0.25) is 0 Å². The molecule has 0 atom stereocenters. The van der Waals surface area contributed by atoms with Gasteiger partial charge in [-0.25, -0.2) is 4.98 Å². The minimum absolute atomic E-state index is 0.0710. The molecule has 0 aliphatic carbocycles. The van der Waals surface area contributed by atoms with Gasteiger partial charge in [-0.05, 0) is 43.7 Å². The normalized spacial score (nSPS) is 9.96. The third kappa shape index (κ3) is 6.96. The van der Waals surface area contributed by atoms with Crippen molar-refractivity contribution in [3.05, 3.63) is 62.4 Å². The van der Waals surface area contributed by atoms with Crippen molar-refractivity contribution in [1.82, 2.24) is 10.3 Å². The first-order chi connectivity index (χ1) is 12.8. The number of pyridine rings is 1. The number of non-ortho nitro benzene ring substituents is 1. The molecule has 0 radical (unpaired) electrons. The average molecular weight is 393 g/mol. The molecule has 0 bridgehead atoms. The fourth-order valence-corrected chi connectivity index (χ4v) is 2.64. The largest absolute Gasteiger partial charge is 0.496 e. The van der Waals surface area contributed by atoms with Crippen LogP contribution in [0.2, 0.25) is 5.15 Å². The Labute approximate surface area is 164 Å². The topological polar surface area (TPSA) is 101 Å². The zero-order valence-corrected chi connectivity index (χ0v) is 16.8. The first kappa shape index (κ1) is 22.5. The second kappa shape index (κ2) is 11.3. The lowest BCUT2D eigenvalue weighted by atomic mass is 10.1. The number of halogens is 1. The summed E-state index contributed by atoms with van der Waals surface area (Å²) in [6.45, 7) is 4.53. The molecule has 0 spiro atoms. The Balaban J connectivity index is 0.000000271. The second-order valence-electron chi connectivity index (χ2n) is 5.83. The average Bonchev–Trinajstić information content (AvgIpc) is 2.62. The van der Waals surface area contributed by atoms with Crippen molar-refractivity contribution in [1.29, 1.82) is 5.41 Å². The lowest BCUT2D eigenvalue weighted by molar-refractivity contribution is -0.384. The highest BCUT2D eigenvalue weighted by Crippen LogP contribution is 2.25. The summed E-state index contributed by atoms with van der Waals surface area (Å²) in [4.78, 5) is 14.0. The molecule has 2 rings (SSSR count). The monoisotopic (exact) mass is 392 g/mol. The minimum Gasteiger partial charge on any atom is -0.496 e. The van der Waals surface area contributed by atoms with Gasteiger partial charge in [-0.1, -0.05) is 24.9 Å². The van der Waals surface area contributed by atoms with Gasteiger partial charge in [-0.2, -0.15) is 0 Å². The van der Waals surface area contributed by atoms with Gasteiger partial charge in [-0.15, -0.1) is 0 Å². The number of nitrogens with one attached hydrogen (secondary N) is 2. The molecule has 2 N–H and O–H groups in total. The van der Waals surface area contributed by atoms with E-state index >= 15 is 0 Å². The van der Waals surface area contributed by atoms with Crippen LogP contribution in [-0.4, -0.2) is 36.3 Å². The molecule has 1 aromatic heterocycles. The highest BCUT2D eigenvalue weighted by Gasteiger charge is 2.10. The molecule has 7 nitrogen and oxygen atoms in total. The number of aryl methyl sites for hydroxylation is 2. The SMILES string of the molecule is CCCc1ccc([N+](=O)[O-])cc1OC.CNCC(=N)c1cnc(Cl)cc1C. The molecule has 0 saturated heterocycles. The standard InChI is InChI=1S/C10H13NO3.C9H12ClN3/c1-3-4-8-5-6-9(11(12)13)7-10(8)14-2;1-6-3-9(10)13-4-7(6)8(11)5-12-2/h5-7H,3-4H2,1-2H3;3-4,11-12H,5H2,1-2H3. The molecule has 1 heterocycles. The van der Waals surface area contributed by atoms with Crippen LogP contribution in [0.25, 0.3) is 0 Å². The number of hydrogen-bond donors (Lipinski definition) is 2. The maximum absolute atomic E-state index is 10.5. The number of methoxy groups -OCH3 is 1. The summed E-state index contributed by atoms with van der Waals surface area (Å²) in [6, 6.07) is 6.49. The number of rotatable bonds is 7. The summed E-state index contributed by atoms with van der Waals surface area (Å²) >= 11 is 5.70. The van der Waals surface area contributed by atoms with E-state index in [0.29, 0.717) is 23.2 Å². The van der Waals surface area contributed by atoms with E-state index in [4.69, 9.17) is 21.7 Å². The summed E-state index contributed by atoms with van der Waals surface area (Å²) in [5, 5.41) is 21.6. The Morgan fingerprint density at radius 2 is 2.11 bits per heavy atom. The third-order valence-electron chi connectivity index (χ3n) is 3.76. The van der Waals surface area contributed by atoms with E-state index in [-0.39, 0.29) is 5.69 Å². The van der Waals surface area contributed by atoms with Gasteiger partial charge < -0.3 is 15.5 Å². The molecule has 27 heavy (non-hydrogen) atoms. The van der Waals surface area contributed by atoms with Crippen molar-refractivity contribution >= 4 is 23.0 Å². The molecule has 146 valence electrons. The lowest BCUT2D eigenvalue weighted by Gasteiger charge is -2.06. The van der Waals surface area contributed by atoms with Crippen molar-refractivity contribution in [3.63, 3.8) is 0 Å². The van der Waals surface area contributed by atoms with Crippen molar-refractivity contribution in [3.8, 4) is 5.75 Å².